The van der Waals surface area contributed by atoms with Gasteiger partial charge in [0.1, 0.15) is 5.82 Å². The van der Waals surface area contributed by atoms with E-state index in [-0.39, 0.29) is 29.0 Å². The monoisotopic (exact) mass is 340 g/mol. The molecular weight excluding hydrogens is 319 g/mol. The van der Waals surface area contributed by atoms with E-state index in [4.69, 9.17) is 11.6 Å². The van der Waals surface area contributed by atoms with Crippen LogP contribution in [0.4, 0.5) is 10.1 Å². The van der Waals surface area contributed by atoms with Crippen molar-refractivity contribution >= 4 is 23.2 Å². The molecule has 126 valence electrons. The summed E-state index contributed by atoms with van der Waals surface area (Å²) in [5, 5.41) is 9.62. The standard InChI is InChI=1S/C17H22ClFN2O2/c1-17(11-22)6-2-7-20(10-17)15-5-8-21(16(15)23)12-3-4-14(19)13(18)9-12/h3-4,9,15,22H,2,5-8,10-11H2,1H3. The summed E-state index contributed by atoms with van der Waals surface area (Å²) < 4.78 is 13.3. The largest absolute Gasteiger partial charge is 0.396 e. The summed E-state index contributed by atoms with van der Waals surface area (Å²) in [7, 11) is 0. The molecule has 6 heteroatoms. The van der Waals surface area contributed by atoms with E-state index < -0.39 is 5.82 Å². The molecule has 1 aromatic carbocycles. The average Bonchev–Trinajstić information content (AvgIpc) is 2.92. The topological polar surface area (TPSA) is 43.8 Å². The molecular formula is C17H22ClFN2O2. The highest BCUT2D eigenvalue weighted by molar-refractivity contribution is 6.31. The number of hydrogen-bond acceptors (Lipinski definition) is 3. The molecule has 2 fully saturated rings. The predicted octanol–water partition coefficient (Wildman–Crippen LogP) is 2.68. The third-order valence-corrected chi connectivity index (χ3v) is 5.31. The van der Waals surface area contributed by atoms with Gasteiger partial charge < -0.3 is 10.0 Å². The number of amides is 1. The molecule has 2 atom stereocenters. The number of aliphatic hydroxyl groups is 1. The van der Waals surface area contributed by atoms with Crippen molar-refractivity contribution < 1.29 is 14.3 Å². The van der Waals surface area contributed by atoms with Crippen LogP contribution in [0.3, 0.4) is 0 Å². The number of piperidine rings is 1. The normalized spacial score (nSPS) is 29.3. The van der Waals surface area contributed by atoms with E-state index in [0.717, 1.165) is 32.4 Å². The third-order valence-electron chi connectivity index (χ3n) is 5.03. The second-order valence-corrected chi connectivity index (χ2v) is 7.34. The molecule has 2 aliphatic rings. The highest BCUT2D eigenvalue weighted by Gasteiger charge is 2.41. The lowest BCUT2D eigenvalue weighted by molar-refractivity contribution is -0.123. The van der Waals surface area contributed by atoms with Gasteiger partial charge in [0.25, 0.3) is 0 Å². The number of carbonyl (C=O) groups excluding carboxylic acids is 1. The molecule has 1 aromatic rings. The van der Waals surface area contributed by atoms with Gasteiger partial charge in [-0.2, -0.15) is 0 Å². The Bertz CT molecular complexity index is 612. The maximum Gasteiger partial charge on any atom is 0.244 e. The van der Waals surface area contributed by atoms with E-state index >= 15 is 0 Å². The van der Waals surface area contributed by atoms with Crippen LogP contribution in [-0.4, -0.2) is 48.2 Å². The minimum Gasteiger partial charge on any atom is -0.396 e. The third kappa shape index (κ3) is 3.23. The second kappa shape index (κ2) is 6.38. The van der Waals surface area contributed by atoms with Gasteiger partial charge in [0, 0.05) is 30.8 Å². The molecule has 0 radical (unpaired) electrons. The Morgan fingerprint density at radius 1 is 1.43 bits per heavy atom. The lowest BCUT2D eigenvalue weighted by atomic mass is 9.82. The zero-order chi connectivity index (χ0) is 16.6. The van der Waals surface area contributed by atoms with Gasteiger partial charge in [0.2, 0.25) is 5.91 Å². The molecule has 1 N–H and O–H groups in total. The molecule has 2 heterocycles. The number of likely N-dealkylation sites (tertiary alicyclic amines) is 1. The Balaban J connectivity index is 1.75. The van der Waals surface area contributed by atoms with Gasteiger partial charge in [-0.15, -0.1) is 0 Å². The van der Waals surface area contributed by atoms with E-state index in [1.165, 1.54) is 12.1 Å². The molecule has 0 spiro atoms. The maximum atomic E-state index is 13.3. The van der Waals surface area contributed by atoms with Crippen molar-refractivity contribution in [2.24, 2.45) is 5.41 Å². The first-order valence-corrected chi connectivity index (χ1v) is 8.43. The Labute approximate surface area is 140 Å². The summed E-state index contributed by atoms with van der Waals surface area (Å²) >= 11 is 5.83. The van der Waals surface area contributed by atoms with E-state index in [9.17, 15) is 14.3 Å². The van der Waals surface area contributed by atoms with E-state index in [1.807, 2.05) is 0 Å². The van der Waals surface area contributed by atoms with Crippen LogP contribution in [0, 0.1) is 11.2 Å². The summed E-state index contributed by atoms with van der Waals surface area (Å²) in [5.74, 6) is -0.441. The summed E-state index contributed by atoms with van der Waals surface area (Å²) in [6.07, 6.45) is 2.72. The van der Waals surface area contributed by atoms with E-state index in [2.05, 4.69) is 11.8 Å². The molecule has 1 amide bonds. The highest BCUT2D eigenvalue weighted by atomic mass is 35.5. The van der Waals surface area contributed by atoms with Crippen LogP contribution in [0.5, 0.6) is 0 Å². The lowest BCUT2D eigenvalue weighted by Gasteiger charge is -2.41. The van der Waals surface area contributed by atoms with Crippen LogP contribution in [-0.2, 0) is 4.79 Å². The second-order valence-electron chi connectivity index (χ2n) is 6.94. The fourth-order valence-corrected chi connectivity index (χ4v) is 3.84. The number of halogens is 2. The van der Waals surface area contributed by atoms with Crippen LogP contribution < -0.4 is 4.90 Å². The molecule has 3 rings (SSSR count). The highest BCUT2D eigenvalue weighted by Crippen LogP contribution is 2.33. The maximum absolute atomic E-state index is 13.3. The van der Waals surface area contributed by atoms with Crippen molar-refractivity contribution in [3.05, 3.63) is 29.0 Å². The predicted molar refractivity (Wildman–Crippen MR) is 88.2 cm³/mol. The molecule has 0 bridgehead atoms. The van der Waals surface area contributed by atoms with Crippen molar-refractivity contribution in [3.8, 4) is 0 Å². The number of aliphatic hydroxyl groups excluding tert-OH is 1. The molecule has 0 aromatic heterocycles. The average molecular weight is 341 g/mol. The van der Waals surface area contributed by atoms with Crippen molar-refractivity contribution in [3.63, 3.8) is 0 Å². The summed E-state index contributed by atoms with van der Waals surface area (Å²) in [5.41, 5.74) is 0.510. The minimum absolute atomic E-state index is 0.0320. The Morgan fingerprint density at radius 2 is 2.22 bits per heavy atom. The Kier molecular flexibility index (Phi) is 4.63. The Morgan fingerprint density at radius 3 is 2.91 bits per heavy atom. The molecule has 4 nitrogen and oxygen atoms in total. The first kappa shape index (κ1) is 16.7. The Hall–Kier alpha value is -1.17. The zero-order valence-electron chi connectivity index (χ0n) is 13.3. The zero-order valence-corrected chi connectivity index (χ0v) is 14.0. The van der Waals surface area contributed by atoms with Gasteiger partial charge in [-0.3, -0.25) is 9.69 Å². The minimum atomic E-state index is -0.478. The SMILES string of the molecule is CC1(CO)CCCN(C2CCN(c3ccc(F)c(Cl)c3)C2=O)C1. The van der Waals surface area contributed by atoms with Crippen LogP contribution in [0.1, 0.15) is 26.2 Å². The first-order chi connectivity index (χ1) is 10.9. The van der Waals surface area contributed by atoms with Crippen LogP contribution in [0.25, 0.3) is 0 Å². The first-order valence-electron chi connectivity index (χ1n) is 8.05. The lowest BCUT2D eigenvalue weighted by Crippen LogP contribution is -2.51. The van der Waals surface area contributed by atoms with Crippen LogP contribution >= 0.6 is 11.6 Å². The van der Waals surface area contributed by atoms with Crippen LogP contribution in [0.2, 0.25) is 5.02 Å². The van der Waals surface area contributed by atoms with Crippen LogP contribution in [0.15, 0.2) is 18.2 Å². The quantitative estimate of drug-likeness (QED) is 0.920. The number of hydrogen-bond donors (Lipinski definition) is 1. The summed E-state index contributed by atoms with van der Waals surface area (Å²) in [6, 6.07) is 4.23. The molecule has 23 heavy (non-hydrogen) atoms. The van der Waals surface area contributed by atoms with Crippen molar-refractivity contribution in [2.45, 2.75) is 32.2 Å². The van der Waals surface area contributed by atoms with Gasteiger partial charge in [-0.05, 0) is 44.0 Å². The molecule has 2 aliphatic heterocycles. The summed E-state index contributed by atoms with van der Waals surface area (Å²) in [4.78, 5) is 16.7. The molecule has 2 unspecified atom stereocenters. The van der Waals surface area contributed by atoms with Crippen molar-refractivity contribution in [1.29, 1.82) is 0 Å². The van der Waals surface area contributed by atoms with E-state index in [0.29, 0.717) is 12.2 Å². The smallest absolute Gasteiger partial charge is 0.244 e. The van der Waals surface area contributed by atoms with Gasteiger partial charge >= 0.3 is 0 Å². The number of nitrogens with zero attached hydrogens (tertiary/aromatic N) is 2. The van der Waals surface area contributed by atoms with Crippen molar-refractivity contribution in [2.75, 3.05) is 31.1 Å². The number of anilines is 1. The number of benzene rings is 1. The number of rotatable bonds is 3. The fraction of sp³-hybridized carbons (Fsp3) is 0.588. The van der Waals surface area contributed by atoms with E-state index in [1.54, 1.807) is 11.0 Å². The van der Waals surface area contributed by atoms with Gasteiger partial charge in [0.15, 0.2) is 0 Å². The molecule has 0 aliphatic carbocycles. The summed E-state index contributed by atoms with van der Waals surface area (Å²) in [6.45, 7) is 4.43. The van der Waals surface area contributed by atoms with Gasteiger partial charge in [-0.25, -0.2) is 4.39 Å². The van der Waals surface area contributed by atoms with Crippen molar-refractivity contribution in [1.82, 2.24) is 4.90 Å². The van der Waals surface area contributed by atoms with Gasteiger partial charge in [-0.1, -0.05) is 18.5 Å². The van der Waals surface area contributed by atoms with Gasteiger partial charge in [0.05, 0.1) is 11.1 Å². The number of carbonyl (C=O) groups is 1. The fourth-order valence-electron chi connectivity index (χ4n) is 3.67. The molecule has 0 saturated carbocycles. The molecule has 2 saturated heterocycles.